The Morgan fingerprint density at radius 3 is 2.32 bits per heavy atom. The number of amides is 1. The maximum absolute atomic E-state index is 12.1. The first-order chi connectivity index (χ1) is 11.6. The van der Waals surface area contributed by atoms with Gasteiger partial charge in [0, 0.05) is 0 Å². The molecule has 0 radical (unpaired) electrons. The quantitative estimate of drug-likeness (QED) is 0.828. The van der Waals surface area contributed by atoms with Gasteiger partial charge in [0.05, 0.1) is 0 Å². The molecular weight excluding hydrogens is 314 g/mol. The van der Waals surface area contributed by atoms with E-state index in [1.807, 2.05) is 55.5 Å². The van der Waals surface area contributed by atoms with Gasteiger partial charge in [-0.2, -0.15) is 0 Å². The van der Waals surface area contributed by atoms with Crippen LogP contribution in [0, 0.1) is 6.92 Å². The van der Waals surface area contributed by atoms with Gasteiger partial charge in [-0.3, -0.25) is 0 Å². The number of ether oxygens (including phenoxy) is 1. The Bertz CT molecular complexity index is 777. The van der Waals surface area contributed by atoms with Crippen molar-refractivity contribution in [1.82, 2.24) is 5.32 Å². The van der Waals surface area contributed by atoms with E-state index in [2.05, 4.69) is 5.32 Å². The minimum atomic E-state index is -1.17. The lowest BCUT2D eigenvalue weighted by Gasteiger charge is -2.28. The zero-order valence-electron chi connectivity index (χ0n) is 15.4. The van der Waals surface area contributed by atoms with Gasteiger partial charge in [-0.05, 0) is 62.9 Å². The molecule has 25 heavy (non-hydrogen) atoms. The number of carbonyl (C=O) groups excluding carboxylic acids is 2. The first-order valence-corrected chi connectivity index (χ1v) is 8.29. The molecule has 0 aromatic heterocycles. The number of nitrogens with one attached hydrogen (secondary N) is 1. The smallest absolute Gasteiger partial charge is 0.408 e. The fourth-order valence-corrected chi connectivity index (χ4v) is 2.59. The highest BCUT2D eigenvalue weighted by Gasteiger charge is 2.30. The van der Waals surface area contributed by atoms with Crippen LogP contribution in [0.4, 0.5) is 4.79 Å². The van der Waals surface area contributed by atoms with Crippen molar-refractivity contribution in [3.8, 4) is 11.1 Å². The van der Waals surface area contributed by atoms with Gasteiger partial charge in [0.15, 0.2) is 0 Å². The van der Waals surface area contributed by atoms with Crippen molar-refractivity contribution in [3.05, 3.63) is 59.7 Å². The van der Waals surface area contributed by atoms with Gasteiger partial charge in [0.25, 0.3) is 0 Å². The van der Waals surface area contributed by atoms with Crippen LogP contribution < -0.4 is 5.32 Å². The van der Waals surface area contributed by atoms with Crippen LogP contribution in [0.1, 0.15) is 38.8 Å². The fraction of sp³-hybridized carbons (Fsp3) is 0.333. The van der Waals surface area contributed by atoms with Crippen molar-refractivity contribution in [1.29, 1.82) is 0 Å². The Kier molecular flexibility index (Phi) is 5.31. The third-order valence-corrected chi connectivity index (χ3v) is 3.91. The molecule has 0 aliphatic carbocycles. The SMILES string of the molecule is Cc1ccccc1-c1cccc(C(C)(C=O)NC(=O)OC(C)(C)C)c1. The van der Waals surface area contributed by atoms with Crippen molar-refractivity contribution in [2.45, 2.75) is 45.8 Å². The molecule has 132 valence electrons. The van der Waals surface area contributed by atoms with E-state index in [1.165, 1.54) is 0 Å². The van der Waals surface area contributed by atoms with Crippen molar-refractivity contribution < 1.29 is 14.3 Å². The number of alkyl carbamates (subject to hydrolysis) is 1. The van der Waals surface area contributed by atoms with Crippen LogP contribution in [0.25, 0.3) is 11.1 Å². The zero-order chi connectivity index (χ0) is 18.7. The molecule has 0 aliphatic rings. The topological polar surface area (TPSA) is 55.4 Å². The number of hydrogen-bond acceptors (Lipinski definition) is 3. The molecule has 0 saturated heterocycles. The van der Waals surface area contributed by atoms with Crippen LogP contribution >= 0.6 is 0 Å². The van der Waals surface area contributed by atoms with E-state index in [1.54, 1.807) is 27.7 Å². The Balaban J connectivity index is 2.35. The summed E-state index contributed by atoms with van der Waals surface area (Å²) in [7, 11) is 0. The van der Waals surface area contributed by atoms with Crippen molar-refractivity contribution in [2.75, 3.05) is 0 Å². The minimum Gasteiger partial charge on any atom is -0.444 e. The monoisotopic (exact) mass is 339 g/mol. The van der Waals surface area contributed by atoms with Crippen LogP contribution in [0.2, 0.25) is 0 Å². The summed E-state index contributed by atoms with van der Waals surface area (Å²) in [5.41, 5.74) is 2.14. The number of rotatable bonds is 4. The lowest BCUT2D eigenvalue weighted by atomic mass is 9.90. The minimum absolute atomic E-state index is 0.622. The van der Waals surface area contributed by atoms with E-state index < -0.39 is 17.2 Å². The maximum atomic E-state index is 12.1. The van der Waals surface area contributed by atoms with Gasteiger partial charge in [0.1, 0.15) is 17.4 Å². The normalized spacial score (nSPS) is 13.6. The molecule has 0 bridgehead atoms. The predicted molar refractivity (Wildman–Crippen MR) is 99.4 cm³/mol. The second-order valence-electron chi connectivity index (χ2n) is 7.34. The lowest BCUT2D eigenvalue weighted by Crippen LogP contribution is -2.46. The number of carbonyl (C=O) groups is 2. The molecule has 4 heteroatoms. The highest BCUT2D eigenvalue weighted by atomic mass is 16.6. The Morgan fingerprint density at radius 2 is 1.72 bits per heavy atom. The second kappa shape index (κ2) is 7.09. The number of hydrogen-bond donors (Lipinski definition) is 1. The van der Waals surface area contributed by atoms with Gasteiger partial charge in [-0.1, -0.05) is 42.5 Å². The largest absolute Gasteiger partial charge is 0.444 e. The van der Waals surface area contributed by atoms with Gasteiger partial charge >= 0.3 is 6.09 Å². The summed E-state index contributed by atoms with van der Waals surface area (Å²) in [4.78, 5) is 23.9. The van der Waals surface area contributed by atoms with Crippen LogP contribution in [0.3, 0.4) is 0 Å². The van der Waals surface area contributed by atoms with Crippen LogP contribution in [-0.4, -0.2) is 18.0 Å². The highest BCUT2D eigenvalue weighted by molar-refractivity contribution is 5.79. The van der Waals surface area contributed by atoms with Gasteiger partial charge in [-0.25, -0.2) is 4.79 Å². The number of aryl methyl sites for hydroxylation is 1. The number of aldehydes is 1. The third-order valence-electron chi connectivity index (χ3n) is 3.91. The van der Waals surface area contributed by atoms with Crippen LogP contribution in [0.5, 0.6) is 0 Å². The van der Waals surface area contributed by atoms with Gasteiger partial charge < -0.3 is 14.8 Å². The van der Waals surface area contributed by atoms with E-state index >= 15 is 0 Å². The molecule has 1 atom stereocenters. The zero-order valence-corrected chi connectivity index (χ0v) is 15.4. The summed E-state index contributed by atoms with van der Waals surface area (Å²) in [5, 5.41) is 2.68. The van der Waals surface area contributed by atoms with Crippen LogP contribution in [0.15, 0.2) is 48.5 Å². The number of benzene rings is 2. The molecule has 2 rings (SSSR count). The maximum Gasteiger partial charge on any atom is 0.408 e. The summed E-state index contributed by atoms with van der Waals surface area (Å²) < 4.78 is 5.28. The molecule has 2 aromatic carbocycles. The molecule has 1 unspecified atom stereocenters. The molecule has 0 heterocycles. The first kappa shape index (κ1) is 18.7. The Hall–Kier alpha value is -2.62. The summed E-state index contributed by atoms with van der Waals surface area (Å²) in [6, 6.07) is 15.7. The van der Waals surface area contributed by atoms with Gasteiger partial charge in [0.2, 0.25) is 0 Å². The molecule has 0 aliphatic heterocycles. The van der Waals surface area contributed by atoms with Crippen molar-refractivity contribution in [3.63, 3.8) is 0 Å². The van der Waals surface area contributed by atoms with E-state index in [-0.39, 0.29) is 0 Å². The predicted octanol–water partition coefficient (Wildman–Crippen LogP) is 4.60. The van der Waals surface area contributed by atoms with E-state index in [9.17, 15) is 9.59 Å². The summed E-state index contributed by atoms with van der Waals surface area (Å²) in [5.74, 6) is 0. The first-order valence-electron chi connectivity index (χ1n) is 8.29. The average molecular weight is 339 g/mol. The van der Waals surface area contributed by atoms with Crippen molar-refractivity contribution >= 4 is 12.4 Å². The summed E-state index contributed by atoms with van der Waals surface area (Å²) >= 11 is 0. The molecule has 1 N–H and O–H groups in total. The lowest BCUT2D eigenvalue weighted by molar-refractivity contribution is -0.113. The van der Waals surface area contributed by atoms with Crippen molar-refractivity contribution in [2.24, 2.45) is 0 Å². The Labute approximate surface area is 149 Å². The second-order valence-corrected chi connectivity index (χ2v) is 7.34. The summed E-state index contributed by atoms with van der Waals surface area (Å²) in [6.07, 6.45) is 0.108. The van der Waals surface area contributed by atoms with E-state index in [0.29, 0.717) is 5.56 Å². The molecule has 2 aromatic rings. The molecular formula is C21H25NO3. The van der Waals surface area contributed by atoms with Crippen LogP contribution in [-0.2, 0) is 15.1 Å². The molecule has 4 nitrogen and oxygen atoms in total. The van der Waals surface area contributed by atoms with E-state index in [4.69, 9.17) is 4.74 Å². The summed E-state index contributed by atoms with van der Waals surface area (Å²) in [6.45, 7) is 9.05. The standard InChI is InChI=1S/C21H25NO3/c1-15-9-6-7-12-18(15)16-10-8-11-17(13-16)21(5,14-23)22-19(24)25-20(2,3)4/h6-14H,1-5H3,(H,22,24). The Morgan fingerprint density at radius 1 is 1.04 bits per heavy atom. The fourth-order valence-electron chi connectivity index (χ4n) is 2.59. The molecule has 1 amide bonds. The average Bonchev–Trinajstić information content (AvgIpc) is 2.53. The third kappa shape index (κ3) is 4.69. The molecule has 0 spiro atoms. The van der Waals surface area contributed by atoms with E-state index in [0.717, 1.165) is 23.0 Å². The van der Waals surface area contributed by atoms with Gasteiger partial charge in [-0.15, -0.1) is 0 Å². The highest BCUT2D eigenvalue weighted by Crippen LogP contribution is 2.28. The molecule has 0 fully saturated rings. The molecule has 0 saturated carbocycles.